The second-order valence-corrected chi connectivity index (χ2v) is 4.65. The third-order valence-electron chi connectivity index (χ3n) is 2.66. The molecule has 3 nitrogen and oxygen atoms in total. The van der Waals surface area contributed by atoms with Crippen LogP contribution in [0.25, 0.3) is 0 Å². The molecule has 17 heavy (non-hydrogen) atoms. The number of hydrogen-bond donors (Lipinski definition) is 2. The maximum absolute atomic E-state index is 9.00. The molecule has 1 atom stereocenters. The molecular weight excluding hydrogens is 238 g/mol. The summed E-state index contributed by atoms with van der Waals surface area (Å²) >= 11 is 5.97. The number of carboxylic acids is 1. The maximum atomic E-state index is 9.00. The quantitative estimate of drug-likeness (QED) is 0.749. The molecule has 0 aliphatic carbocycles. The molecule has 4 heteroatoms. The van der Waals surface area contributed by atoms with Crippen molar-refractivity contribution in [2.45, 2.75) is 26.2 Å². The maximum Gasteiger partial charge on any atom is 0.300 e. The van der Waals surface area contributed by atoms with Gasteiger partial charge in [0.15, 0.2) is 0 Å². The Morgan fingerprint density at radius 3 is 2.82 bits per heavy atom. The van der Waals surface area contributed by atoms with Gasteiger partial charge in [0.25, 0.3) is 5.97 Å². The summed E-state index contributed by atoms with van der Waals surface area (Å²) in [5.41, 5.74) is 2.86. The highest BCUT2D eigenvalue weighted by Gasteiger charge is 2.13. The molecule has 2 N–H and O–H groups in total. The molecule has 94 valence electrons. The van der Waals surface area contributed by atoms with Crippen molar-refractivity contribution in [2.75, 3.05) is 13.1 Å². The van der Waals surface area contributed by atoms with Crippen LogP contribution in [0.2, 0.25) is 5.02 Å². The Hall–Kier alpha value is -1.06. The van der Waals surface area contributed by atoms with Crippen molar-refractivity contribution in [1.82, 2.24) is 5.32 Å². The summed E-state index contributed by atoms with van der Waals surface area (Å²) < 4.78 is 0. The highest BCUT2D eigenvalue weighted by molar-refractivity contribution is 6.30. The minimum atomic E-state index is -0.833. The molecule has 0 saturated heterocycles. The molecule has 0 fully saturated rings. The molecular formula is C13H18ClNO2. The van der Waals surface area contributed by atoms with Gasteiger partial charge in [0.1, 0.15) is 0 Å². The van der Waals surface area contributed by atoms with Crippen LogP contribution in [-0.2, 0) is 11.2 Å². The fourth-order valence-corrected chi connectivity index (χ4v) is 2.08. The molecule has 1 aromatic rings. The van der Waals surface area contributed by atoms with Crippen molar-refractivity contribution in [3.8, 4) is 0 Å². The number of hydrogen-bond acceptors (Lipinski definition) is 2. The summed E-state index contributed by atoms with van der Waals surface area (Å²) in [6.45, 7) is 5.47. The lowest BCUT2D eigenvalue weighted by Crippen LogP contribution is -2.18. The normalized spacial score (nSPS) is 18.4. The van der Waals surface area contributed by atoms with Crippen molar-refractivity contribution >= 4 is 17.6 Å². The van der Waals surface area contributed by atoms with Crippen LogP contribution in [0.3, 0.4) is 0 Å². The minimum Gasteiger partial charge on any atom is -0.481 e. The Bertz CT molecular complexity index is 389. The van der Waals surface area contributed by atoms with Gasteiger partial charge in [-0.05, 0) is 42.1 Å². The summed E-state index contributed by atoms with van der Waals surface area (Å²) in [7, 11) is 0. The molecule has 1 aliphatic rings. The molecule has 1 aliphatic heterocycles. The minimum absolute atomic E-state index is 0.580. The van der Waals surface area contributed by atoms with Gasteiger partial charge in [0, 0.05) is 18.5 Å². The Labute approximate surface area is 107 Å². The number of aliphatic carboxylic acids is 1. The van der Waals surface area contributed by atoms with Crippen LogP contribution in [0.5, 0.6) is 0 Å². The van der Waals surface area contributed by atoms with Crippen molar-refractivity contribution in [1.29, 1.82) is 0 Å². The van der Waals surface area contributed by atoms with E-state index in [1.54, 1.807) is 0 Å². The average Bonchev–Trinajstić information content (AvgIpc) is 2.41. The van der Waals surface area contributed by atoms with Crippen molar-refractivity contribution in [2.24, 2.45) is 0 Å². The van der Waals surface area contributed by atoms with E-state index in [0.717, 1.165) is 31.5 Å². The van der Waals surface area contributed by atoms with E-state index >= 15 is 0 Å². The zero-order chi connectivity index (χ0) is 12.8. The topological polar surface area (TPSA) is 49.3 Å². The van der Waals surface area contributed by atoms with Gasteiger partial charge < -0.3 is 10.4 Å². The summed E-state index contributed by atoms with van der Waals surface area (Å²) in [6, 6.07) is 6.24. The van der Waals surface area contributed by atoms with Crippen LogP contribution >= 0.6 is 11.6 Å². The number of halogens is 1. The zero-order valence-corrected chi connectivity index (χ0v) is 10.9. The van der Waals surface area contributed by atoms with Gasteiger partial charge >= 0.3 is 0 Å². The SMILES string of the molecule is CC(=O)O.C[C@H]1CNCCc2ccc(Cl)cc21. The van der Waals surface area contributed by atoms with E-state index in [1.165, 1.54) is 11.1 Å². The molecule has 2 rings (SSSR count). The molecule has 0 radical (unpaired) electrons. The number of fused-ring (bicyclic) bond motifs is 1. The molecule has 1 heterocycles. The second kappa shape index (κ2) is 6.62. The Balaban J connectivity index is 0.000000317. The van der Waals surface area contributed by atoms with Gasteiger partial charge in [-0.3, -0.25) is 4.79 Å². The van der Waals surface area contributed by atoms with Gasteiger partial charge in [-0.15, -0.1) is 0 Å². The smallest absolute Gasteiger partial charge is 0.300 e. The van der Waals surface area contributed by atoms with Crippen LogP contribution in [0.1, 0.15) is 30.9 Å². The zero-order valence-electron chi connectivity index (χ0n) is 10.2. The highest BCUT2D eigenvalue weighted by Crippen LogP contribution is 2.25. The standard InChI is InChI=1S/C11H14ClN.C2H4O2/c1-8-7-13-5-4-9-2-3-10(12)6-11(8)9;1-2(3)4/h2-3,6,8,13H,4-5,7H2,1H3;1H3,(H,3,4)/t8-;/m0./s1. The third-order valence-corrected chi connectivity index (χ3v) is 2.90. The van der Waals surface area contributed by atoms with Gasteiger partial charge in [0.2, 0.25) is 0 Å². The van der Waals surface area contributed by atoms with E-state index in [0.29, 0.717) is 5.92 Å². The molecule has 0 aromatic heterocycles. The Morgan fingerprint density at radius 2 is 2.18 bits per heavy atom. The van der Waals surface area contributed by atoms with Gasteiger partial charge in [-0.25, -0.2) is 0 Å². The monoisotopic (exact) mass is 255 g/mol. The second-order valence-electron chi connectivity index (χ2n) is 4.22. The molecule has 0 bridgehead atoms. The van der Waals surface area contributed by atoms with E-state index in [1.807, 2.05) is 6.07 Å². The Kier molecular flexibility index (Phi) is 5.45. The van der Waals surface area contributed by atoms with E-state index in [4.69, 9.17) is 21.5 Å². The fraction of sp³-hybridized carbons (Fsp3) is 0.462. The predicted octanol–water partition coefficient (Wildman–Crippen LogP) is 2.68. The van der Waals surface area contributed by atoms with E-state index < -0.39 is 5.97 Å². The third kappa shape index (κ3) is 4.75. The number of carbonyl (C=O) groups is 1. The molecule has 0 spiro atoms. The predicted molar refractivity (Wildman–Crippen MR) is 69.8 cm³/mol. The van der Waals surface area contributed by atoms with Gasteiger partial charge in [0.05, 0.1) is 0 Å². The molecule has 0 unspecified atom stereocenters. The van der Waals surface area contributed by atoms with Gasteiger partial charge in [-0.2, -0.15) is 0 Å². The molecule has 0 saturated carbocycles. The lowest BCUT2D eigenvalue weighted by atomic mass is 9.96. The summed E-state index contributed by atoms with van der Waals surface area (Å²) in [6.07, 6.45) is 1.12. The molecule has 1 aromatic carbocycles. The summed E-state index contributed by atoms with van der Waals surface area (Å²) in [5, 5.41) is 11.7. The van der Waals surface area contributed by atoms with E-state index in [2.05, 4.69) is 24.4 Å². The largest absolute Gasteiger partial charge is 0.481 e. The first kappa shape index (κ1) is 14.0. The Morgan fingerprint density at radius 1 is 1.53 bits per heavy atom. The van der Waals surface area contributed by atoms with Crippen LogP contribution in [0.4, 0.5) is 0 Å². The lowest BCUT2D eigenvalue weighted by Gasteiger charge is -2.11. The van der Waals surface area contributed by atoms with Crippen LogP contribution in [0.15, 0.2) is 18.2 Å². The van der Waals surface area contributed by atoms with Gasteiger partial charge in [-0.1, -0.05) is 24.6 Å². The van der Waals surface area contributed by atoms with E-state index in [9.17, 15) is 0 Å². The summed E-state index contributed by atoms with van der Waals surface area (Å²) in [4.78, 5) is 9.00. The first-order valence-electron chi connectivity index (χ1n) is 5.69. The molecule has 0 amide bonds. The first-order chi connectivity index (χ1) is 8.00. The van der Waals surface area contributed by atoms with Crippen LogP contribution in [-0.4, -0.2) is 24.2 Å². The van der Waals surface area contributed by atoms with Crippen molar-refractivity contribution in [3.63, 3.8) is 0 Å². The van der Waals surface area contributed by atoms with Crippen molar-refractivity contribution < 1.29 is 9.90 Å². The summed E-state index contributed by atoms with van der Waals surface area (Å²) in [5.74, 6) is -0.254. The number of nitrogens with one attached hydrogen (secondary N) is 1. The average molecular weight is 256 g/mol. The highest BCUT2D eigenvalue weighted by atomic mass is 35.5. The fourth-order valence-electron chi connectivity index (χ4n) is 1.90. The number of rotatable bonds is 0. The lowest BCUT2D eigenvalue weighted by molar-refractivity contribution is -0.134. The van der Waals surface area contributed by atoms with E-state index in [-0.39, 0.29) is 0 Å². The number of carboxylic acid groups (broad SMARTS) is 1. The van der Waals surface area contributed by atoms with Crippen molar-refractivity contribution in [3.05, 3.63) is 34.3 Å². The first-order valence-corrected chi connectivity index (χ1v) is 6.07. The van der Waals surface area contributed by atoms with Crippen LogP contribution < -0.4 is 5.32 Å². The number of benzene rings is 1. The van der Waals surface area contributed by atoms with Crippen LogP contribution in [0, 0.1) is 0 Å².